The van der Waals surface area contributed by atoms with Crippen molar-refractivity contribution in [1.29, 1.82) is 0 Å². The van der Waals surface area contributed by atoms with Gasteiger partial charge in [0.1, 0.15) is 5.82 Å². The number of benzene rings is 1. The smallest absolute Gasteiger partial charge is 0.316 e. The largest absolute Gasteiger partial charge is 0.357 e. The molecule has 7 heteroatoms. The summed E-state index contributed by atoms with van der Waals surface area (Å²) in [5, 5.41) is 6.78. The molecule has 0 spiro atoms. The fourth-order valence-electron chi connectivity index (χ4n) is 3.17. The first-order valence-corrected chi connectivity index (χ1v) is 9.08. The van der Waals surface area contributed by atoms with Gasteiger partial charge in [-0.05, 0) is 43.0 Å². The minimum atomic E-state index is -0.383. The Balaban J connectivity index is 1.46. The van der Waals surface area contributed by atoms with Gasteiger partial charge in [-0.3, -0.25) is 4.79 Å². The summed E-state index contributed by atoms with van der Waals surface area (Å²) >= 11 is 0. The summed E-state index contributed by atoms with van der Waals surface area (Å²) in [6.45, 7) is 4.44. The zero-order valence-corrected chi connectivity index (χ0v) is 15.2. The molecule has 1 amide bonds. The zero-order chi connectivity index (χ0) is 18.6. The summed E-state index contributed by atoms with van der Waals surface area (Å²) < 4.78 is 5.16. The Bertz CT molecular complexity index is 947. The van der Waals surface area contributed by atoms with E-state index < -0.39 is 0 Å². The molecule has 2 aromatic heterocycles. The lowest BCUT2D eigenvalue weighted by Gasteiger charge is -2.16. The summed E-state index contributed by atoms with van der Waals surface area (Å²) in [6.07, 6.45) is 4.09. The second-order valence-electron chi connectivity index (χ2n) is 6.63. The maximum Gasteiger partial charge on any atom is 0.316 e. The van der Waals surface area contributed by atoms with Gasteiger partial charge in [0.2, 0.25) is 5.82 Å². The van der Waals surface area contributed by atoms with Gasteiger partial charge in [0.15, 0.2) is 0 Å². The molecule has 0 aliphatic carbocycles. The van der Waals surface area contributed by atoms with E-state index in [9.17, 15) is 4.79 Å². The van der Waals surface area contributed by atoms with E-state index in [4.69, 9.17) is 4.52 Å². The summed E-state index contributed by atoms with van der Waals surface area (Å²) in [4.78, 5) is 23.2. The molecule has 0 bridgehead atoms. The third kappa shape index (κ3) is 3.81. The topological polar surface area (TPSA) is 84.2 Å². The molecule has 138 valence electrons. The normalized spacial score (nSPS) is 13.7. The van der Waals surface area contributed by atoms with Crippen molar-refractivity contribution in [2.45, 2.75) is 26.3 Å². The number of carbonyl (C=O) groups is 1. The van der Waals surface area contributed by atoms with Gasteiger partial charge in [0, 0.05) is 31.4 Å². The molecule has 27 heavy (non-hydrogen) atoms. The van der Waals surface area contributed by atoms with Crippen LogP contribution in [0, 0.1) is 6.92 Å². The molecule has 1 N–H and O–H groups in total. The van der Waals surface area contributed by atoms with Crippen LogP contribution in [0.15, 0.2) is 47.1 Å². The van der Waals surface area contributed by atoms with Gasteiger partial charge >= 0.3 is 11.8 Å². The van der Waals surface area contributed by atoms with Crippen LogP contribution in [0.25, 0.3) is 11.4 Å². The summed E-state index contributed by atoms with van der Waals surface area (Å²) in [5.41, 5.74) is 2.96. The number of aryl methyl sites for hydroxylation is 1. The lowest BCUT2D eigenvalue weighted by Crippen LogP contribution is -2.23. The molecule has 3 heterocycles. The molecule has 3 aromatic rings. The van der Waals surface area contributed by atoms with Gasteiger partial charge in [-0.2, -0.15) is 4.98 Å². The number of hydrogen-bond donors (Lipinski definition) is 1. The predicted octanol–water partition coefficient (Wildman–Crippen LogP) is 2.97. The minimum absolute atomic E-state index is 0.0434. The van der Waals surface area contributed by atoms with Crippen molar-refractivity contribution in [2.24, 2.45) is 0 Å². The molecular weight excluding hydrogens is 342 g/mol. The Morgan fingerprint density at radius 3 is 2.85 bits per heavy atom. The van der Waals surface area contributed by atoms with E-state index in [1.54, 1.807) is 6.20 Å². The minimum Gasteiger partial charge on any atom is -0.357 e. The van der Waals surface area contributed by atoms with Crippen LogP contribution in [0.4, 0.5) is 5.82 Å². The number of rotatable bonds is 5. The Morgan fingerprint density at radius 1 is 1.22 bits per heavy atom. The van der Waals surface area contributed by atoms with Crippen LogP contribution in [-0.4, -0.2) is 34.1 Å². The van der Waals surface area contributed by atoms with Crippen LogP contribution >= 0.6 is 0 Å². The Labute approximate surface area is 157 Å². The van der Waals surface area contributed by atoms with E-state index in [-0.39, 0.29) is 11.8 Å². The summed E-state index contributed by atoms with van der Waals surface area (Å²) in [5.74, 6) is 0.864. The third-order valence-corrected chi connectivity index (χ3v) is 4.75. The van der Waals surface area contributed by atoms with Gasteiger partial charge in [-0.25, -0.2) is 4.98 Å². The summed E-state index contributed by atoms with van der Waals surface area (Å²) in [6, 6.07) is 11.7. The maximum atomic E-state index is 12.3. The van der Waals surface area contributed by atoms with Gasteiger partial charge in [-0.15, -0.1) is 0 Å². The zero-order valence-electron chi connectivity index (χ0n) is 15.2. The molecule has 0 saturated carbocycles. The molecule has 7 nitrogen and oxygen atoms in total. The van der Waals surface area contributed by atoms with Crippen LogP contribution in [-0.2, 0) is 6.54 Å². The van der Waals surface area contributed by atoms with Crippen molar-refractivity contribution in [3.8, 4) is 11.4 Å². The van der Waals surface area contributed by atoms with E-state index >= 15 is 0 Å². The van der Waals surface area contributed by atoms with Crippen LogP contribution in [0.5, 0.6) is 0 Å². The predicted molar refractivity (Wildman–Crippen MR) is 101 cm³/mol. The van der Waals surface area contributed by atoms with E-state index in [1.807, 2.05) is 43.3 Å². The molecule has 1 aliphatic rings. The van der Waals surface area contributed by atoms with Crippen LogP contribution < -0.4 is 10.2 Å². The highest BCUT2D eigenvalue weighted by atomic mass is 16.5. The second kappa shape index (κ2) is 7.57. The number of pyridine rings is 1. The molecule has 1 aromatic carbocycles. The Kier molecular flexibility index (Phi) is 4.82. The van der Waals surface area contributed by atoms with Crippen molar-refractivity contribution in [3.63, 3.8) is 0 Å². The first kappa shape index (κ1) is 17.2. The first-order valence-electron chi connectivity index (χ1n) is 9.08. The highest BCUT2D eigenvalue weighted by Gasteiger charge is 2.18. The van der Waals surface area contributed by atoms with Crippen molar-refractivity contribution >= 4 is 11.7 Å². The van der Waals surface area contributed by atoms with Gasteiger partial charge in [0.05, 0.1) is 0 Å². The molecule has 0 unspecified atom stereocenters. The monoisotopic (exact) mass is 363 g/mol. The molecule has 1 fully saturated rings. The van der Waals surface area contributed by atoms with Crippen molar-refractivity contribution in [3.05, 3.63) is 59.6 Å². The highest BCUT2D eigenvalue weighted by Crippen LogP contribution is 2.23. The number of aromatic nitrogens is 3. The number of nitrogens with one attached hydrogen (secondary N) is 1. The maximum absolute atomic E-state index is 12.3. The fraction of sp³-hybridized carbons (Fsp3) is 0.300. The molecule has 1 saturated heterocycles. The molecule has 1 aliphatic heterocycles. The van der Waals surface area contributed by atoms with Crippen LogP contribution in [0.2, 0.25) is 0 Å². The summed E-state index contributed by atoms with van der Waals surface area (Å²) in [7, 11) is 0. The Hall–Kier alpha value is -3.22. The number of nitrogens with zero attached hydrogens (tertiary/aromatic N) is 4. The van der Waals surface area contributed by atoms with E-state index in [0.717, 1.165) is 35.6 Å². The standard InChI is InChI=1S/C20H21N5O2/c1-14-6-2-3-7-16(14)13-22-19(26)20-23-18(24-27-20)15-8-9-21-17(12-15)25-10-4-5-11-25/h2-3,6-9,12H,4-5,10-11,13H2,1H3,(H,22,26). The average molecular weight is 363 g/mol. The van der Waals surface area contributed by atoms with Gasteiger partial charge < -0.3 is 14.7 Å². The first-order chi connectivity index (χ1) is 13.2. The highest BCUT2D eigenvalue weighted by molar-refractivity contribution is 5.89. The number of amides is 1. The van der Waals surface area contributed by atoms with E-state index in [1.165, 1.54) is 12.8 Å². The quantitative estimate of drug-likeness (QED) is 0.750. The molecular formula is C20H21N5O2. The molecule has 4 rings (SSSR count). The van der Waals surface area contributed by atoms with Gasteiger partial charge in [-0.1, -0.05) is 29.4 Å². The van der Waals surface area contributed by atoms with Gasteiger partial charge in [0.25, 0.3) is 0 Å². The van der Waals surface area contributed by atoms with Crippen molar-refractivity contribution in [1.82, 2.24) is 20.4 Å². The lowest BCUT2D eigenvalue weighted by molar-refractivity contribution is 0.0907. The van der Waals surface area contributed by atoms with Crippen molar-refractivity contribution < 1.29 is 9.32 Å². The van der Waals surface area contributed by atoms with E-state index in [2.05, 4.69) is 25.3 Å². The molecule has 0 radical (unpaired) electrons. The van der Waals surface area contributed by atoms with E-state index in [0.29, 0.717) is 12.4 Å². The number of carbonyl (C=O) groups excluding carboxylic acids is 1. The average Bonchev–Trinajstić information content (AvgIpc) is 3.39. The van der Waals surface area contributed by atoms with Crippen LogP contribution in [0.3, 0.4) is 0 Å². The lowest BCUT2D eigenvalue weighted by atomic mass is 10.1. The van der Waals surface area contributed by atoms with Crippen LogP contribution in [0.1, 0.15) is 34.7 Å². The number of anilines is 1. The fourth-order valence-corrected chi connectivity index (χ4v) is 3.17. The number of hydrogen-bond acceptors (Lipinski definition) is 6. The Morgan fingerprint density at radius 2 is 2.04 bits per heavy atom. The molecule has 0 atom stereocenters. The van der Waals surface area contributed by atoms with Crippen molar-refractivity contribution in [2.75, 3.05) is 18.0 Å². The third-order valence-electron chi connectivity index (χ3n) is 4.75. The SMILES string of the molecule is Cc1ccccc1CNC(=O)c1nc(-c2ccnc(N3CCCC3)c2)no1. The second-order valence-corrected chi connectivity index (χ2v) is 6.63.